The number of hydrogen-bond acceptors (Lipinski definition) is 2. The SMILES string of the molecule is Cc1cc(C#N)cc(C)c1C.Cc1cc(C)c(C)c(C#N)c1C. The fourth-order valence-corrected chi connectivity index (χ4v) is 2.48. The minimum Gasteiger partial charge on any atom is -0.192 e. The predicted octanol–water partition coefficient (Wildman–Crippen LogP) is 5.28. The predicted molar refractivity (Wildman–Crippen MR) is 95.5 cm³/mol. The summed E-state index contributed by atoms with van der Waals surface area (Å²) in [7, 11) is 0. The fraction of sp³-hybridized carbons (Fsp3) is 0.333. The van der Waals surface area contributed by atoms with E-state index in [-0.39, 0.29) is 0 Å². The molecular weight excluding hydrogens is 280 g/mol. The van der Waals surface area contributed by atoms with Crippen molar-refractivity contribution >= 4 is 0 Å². The van der Waals surface area contributed by atoms with Crippen LogP contribution in [0.1, 0.15) is 50.1 Å². The van der Waals surface area contributed by atoms with Crippen LogP contribution in [0.15, 0.2) is 18.2 Å². The largest absolute Gasteiger partial charge is 0.192 e. The molecule has 0 fully saturated rings. The van der Waals surface area contributed by atoms with Crippen LogP contribution in [0.5, 0.6) is 0 Å². The van der Waals surface area contributed by atoms with Gasteiger partial charge in [-0.2, -0.15) is 10.5 Å². The van der Waals surface area contributed by atoms with E-state index in [4.69, 9.17) is 10.5 Å². The van der Waals surface area contributed by atoms with Crippen LogP contribution in [0.3, 0.4) is 0 Å². The third-order valence-electron chi connectivity index (χ3n) is 4.53. The molecule has 2 rings (SSSR count). The highest BCUT2D eigenvalue weighted by Gasteiger charge is 2.06. The van der Waals surface area contributed by atoms with Gasteiger partial charge in [0.05, 0.1) is 23.3 Å². The van der Waals surface area contributed by atoms with Gasteiger partial charge in [-0.25, -0.2) is 0 Å². The van der Waals surface area contributed by atoms with E-state index >= 15 is 0 Å². The van der Waals surface area contributed by atoms with Gasteiger partial charge in [-0.1, -0.05) is 6.07 Å². The summed E-state index contributed by atoms with van der Waals surface area (Å²) in [5, 5.41) is 17.5. The lowest BCUT2D eigenvalue weighted by Gasteiger charge is -2.08. The molecule has 23 heavy (non-hydrogen) atoms. The standard InChI is InChI=1S/C11H13N.C10H11N/c1-7-5-8(2)10(4)11(6-12)9(7)3;1-7-4-10(6-11)5-8(2)9(7)3/h5H,1-4H3;4-5H,1-3H3. The minimum atomic E-state index is 0.755. The first-order valence-electron chi connectivity index (χ1n) is 7.68. The van der Waals surface area contributed by atoms with Gasteiger partial charge >= 0.3 is 0 Å². The summed E-state index contributed by atoms with van der Waals surface area (Å²) in [4.78, 5) is 0. The minimum absolute atomic E-state index is 0.755. The van der Waals surface area contributed by atoms with Crippen molar-refractivity contribution in [3.05, 3.63) is 68.3 Å². The Morgan fingerprint density at radius 3 is 1.30 bits per heavy atom. The molecule has 2 nitrogen and oxygen atoms in total. The van der Waals surface area contributed by atoms with Crippen LogP contribution in [-0.4, -0.2) is 0 Å². The lowest BCUT2D eigenvalue weighted by molar-refractivity contribution is 1.21. The van der Waals surface area contributed by atoms with Gasteiger partial charge in [0.25, 0.3) is 0 Å². The molecule has 0 amide bonds. The molecule has 0 unspecified atom stereocenters. The number of aryl methyl sites for hydroxylation is 4. The first-order chi connectivity index (χ1) is 10.7. The summed E-state index contributed by atoms with van der Waals surface area (Å²) in [5.41, 5.74) is 9.90. The molecule has 0 N–H and O–H groups in total. The quantitative estimate of drug-likeness (QED) is 0.665. The van der Waals surface area contributed by atoms with Crippen molar-refractivity contribution in [3.63, 3.8) is 0 Å². The van der Waals surface area contributed by atoms with Gasteiger partial charge in [0.15, 0.2) is 0 Å². The lowest BCUT2D eigenvalue weighted by Crippen LogP contribution is -1.94. The zero-order valence-electron chi connectivity index (χ0n) is 15.1. The molecule has 2 heteroatoms. The molecule has 0 saturated heterocycles. The van der Waals surface area contributed by atoms with Gasteiger partial charge < -0.3 is 0 Å². The highest BCUT2D eigenvalue weighted by molar-refractivity contribution is 5.50. The number of rotatable bonds is 0. The van der Waals surface area contributed by atoms with Crippen LogP contribution < -0.4 is 0 Å². The molecular formula is C21H24N2. The smallest absolute Gasteiger partial charge is 0.0997 e. The molecule has 0 aromatic heterocycles. The maximum Gasteiger partial charge on any atom is 0.0997 e. The zero-order chi connectivity index (χ0) is 17.7. The molecule has 0 aliphatic carbocycles. The van der Waals surface area contributed by atoms with Crippen molar-refractivity contribution in [2.24, 2.45) is 0 Å². The Hall–Kier alpha value is -2.58. The lowest BCUT2D eigenvalue weighted by atomic mass is 9.95. The second-order valence-corrected chi connectivity index (χ2v) is 6.09. The van der Waals surface area contributed by atoms with Gasteiger partial charge in [-0.15, -0.1) is 0 Å². The Kier molecular flexibility index (Phi) is 6.11. The average molecular weight is 304 g/mol. The number of nitriles is 2. The Labute approximate surface area is 140 Å². The maximum absolute atomic E-state index is 8.90. The summed E-state index contributed by atoms with van der Waals surface area (Å²) in [5.74, 6) is 0. The van der Waals surface area contributed by atoms with Crippen molar-refractivity contribution in [3.8, 4) is 12.1 Å². The van der Waals surface area contributed by atoms with E-state index in [0.29, 0.717) is 0 Å². The average Bonchev–Trinajstić information content (AvgIpc) is 2.51. The molecule has 2 aromatic carbocycles. The van der Waals surface area contributed by atoms with E-state index in [0.717, 1.165) is 22.3 Å². The molecule has 0 heterocycles. The van der Waals surface area contributed by atoms with Crippen molar-refractivity contribution in [1.82, 2.24) is 0 Å². The molecule has 2 aromatic rings. The molecule has 0 radical (unpaired) electrons. The van der Waals surface area contributed by atoms with Gasteiger partial charge in [-0.05, 0) is 99.5 Å². The Morgan fingerprint density at radius 2 is 0.957 bits per heavy atom. The third-order valence-corrected chi connectivity index (χ3v) is 4.53. The number of benzene rings is 2. The van der Waals surface area contributed by atoms with E-state index in [1.807, 2.05) is 53.7 Å². The third kappa shape index (κ3) is 4.21. The summed E-state index contributed by atoms with van der Waals surface area (Å²) in [6, 6.07) is 10.3. The topological polar surface area (TPSA) is 47.6 Å². The normalized spacial score (nSPS) is 9.43. The van der Waals surface area contributed by atoms with Crippen molar-refractivity contribution in [1.29, 1.82) is 10.5 Å². The monoisotopic (exact) mass is 304 g/mol. The molecule has 0 aliphatic heterocycles. The van der Waals surface area contributed by atoms with E-state index in [2.05, 4.69) is 25.1 Å². The fourth-order valence-electron chi connectivity index (χ4n) is 2.48. The second kappa shape index (κ2) is 7.61. The summed E-state index contributed by atoms with van der Waals surface area (Å²) in [6.07, 6.45) is 0. The summed E-state index contributed by atoms with van der Waals surface area (Å²) in [6.45, 7) is 14.2. The summed E-state index contributed by atoms with van der Waals surface area (Å²) >= 11 is 0. The van der Waals surface area contributed by atoms with Crippen LogP contribution >= 0.6 is 0 Å². The molecule has 0 aliphatic rings. The van der Waals surface area contributed by atoms with Gasteiger partial charge in [-0.3, -0.25) is 0 Å². The van der Waals surface area contributed by atoms with E-state index in [9.17, 15) is 0 Å². The first-order valence-corrected chi connectivity index (χ1v) is 7.68. The van der Waals surface area contributed by atoms with Crippen LogP contribution in [-0.2, 0) is 0 Å². The number of nitrogens with zero attached hydrogens (tertiary/aromatic N) is 2. The first kappa shape index (κ1) is 18.5. The van der Waals surface area contributed by atoms with Crippen LogP contribution in [0.2, 0.25) is 0 Å². The van der Waals surface area contributed by atoms with Gasteiger partial charge in [0.1, 0.15) is 0 Å². The van der Waals surface area contributed by atoms with Crippen LogP contribution in [0.4, 0.5) is 0 Å². The molecule has 0 atom stereocenters. The number of hydrogen-bond donors (Lipinski definition) is 0. The van der Waals surface area contributed by atoms with E-state index < -0.39 is 0 Å². The zero-order valence-corrected chi connectivity index (χ0v) is 15.1. The maximum atomic E-state index is 8.90. The van der Waals surface area contributed by atoms with E-state index in [1.165, 1.54) is 27.8 Å². The molecule has 0 saturated carbocycles. The van der Waals surface area contributed by atoms with Gasteiger partial charge in [0, 0.05) is 0 Å². The second-order valence-electron chi connectivity index (χ2n) is 6.09. The van der Waals surface area contributed by atoms with Crippen molar-refractivity contribution < 1.29 is 0 Å². The summed E-state index contributed by atoms with van der Waals surface area (Å²) < 4.78 is 0. The Morgan fingerprint density at radius 1 is 0.565 bits per heavy atom. The highest BCUT2D eigenvalue weighted by Crippen LogP contribution is 2.20. The Bertz CT molecular complexity index is 766. The Balaban J connectivity index is 0.000000231. The molecule has 118 valence electrons. The van der Waals surface area contributed by atoms with Crippen molar-refractivity contribution in [2.75, 3.05) is 0 Å². The van der Waals surface area contributed by atoms with Crippen LogP contribution in [0.25, 0.3) is 0 Å². The van der Waals surface area contributed by atoms with Crippen LogP contribution in [0, 0.1) is 71.1 Å². The van der Waals surface area contributed by atoms with Crippen molar-refractivity contribution in [2.45, 2.75) is 48.5 Å². The van der Waals surface area contributed by atoms with Gasteiger partial charge in [0.2, 0.25) is 0 Å². The highest BCUT2D eigenvalue weighted by atomic mass is 14.3. The van der Waals surface area contributed by atoms with E-state index in [1.54, 1.807) is 0 Å². The molecule has 0 spiro atoms. The molecule has 0 bridgehead atoms.